The highest BCUT2D eigenvalue weighted by molar-refractivity contribution is 7.89. The summed E-state index contributed by atoms with van der Waals surface area (Å²) in [5.74, 6) is 1.21. The van der Waals surface area contributed by atoms with Gasteiger partial charge < -0.3 is 0 Å². The van der Waals surface area contributed by atoms with Crippen LogP contribution in [0.1, 0.15) is 39.5 Å². The molecule has 1 aliphatic rings. The van der Waals surface area contributed by atoms with Gasteiger partial charge in [0.25, 0.3) is 0 Å². The van der Waals surface area contributed by atoms with Crippen LogP contribution in [-0.2, 0) is 19.1 Å². The highest BCUT2D eigenvalue weighted by Gasteiger charge is 2.28. The third-order valence-corrected chi connectivity index (χ3v) is 6.89. The molecule has 0 N–H and O–H groups in total. The maximum atomic E-state index is 12.1. The van der Waals surface area contributed by atoms with Crippen molar-refractivity contribution in [2.45, 2.75) is 43.7 Å². The molecule has 0 saturated heterocycles. The summed E-state index contributed by atoms with van der Waals surface area (Å²) in [6, 6.07) is 3.13. The first-order chi connectivity index (χ1) is 9.90. The van der Waals surface area contributed by atoms with E-state index in [0.29, 0.717) is 11.8 Å². The van der Waals surface area contributed by atoms with Crippen LogP contribution in [-0.4, -0.2) is 20.8 Å². The topological polar surface area (TPSA) is 60.4 Å². The Kier molecular flexibility index (Phi) is 5.57. The first-order valence-electron chi connectivity index (χ1n) is 7.36. The monoisotopic (exact) mass is 330 g/mol. The number of thiophene rings is 1. The number of hydrogen-bond donors (Lipinski definition) is 0. The number of carbonyl (C=O) groups is 1. The summed E-state index contributed by atoms with van der Waals surface area (Å²) in [4.78, 5) is 12.1. The molecule has 1 aliphatic carbocycles. The third-order valence-electron chi connectivity index (χ3n) is 4.27. The summed E-state index contributed by atoms with van der Waals surface area (Å²) in [7, 11) is -3.78. The largest absolute Gasteiger partial charge is 0.306 e. The maximum absolute atomic E-state index is 12.1. The fourth-order valence-electron chi connectivity index (χ4n) is 2.83. The van der Waals surface area contributed by atoms with Crippen molar-refractivity contribution in [3.8, 4) is 0 Å². The summed E-state index contributed by atoms with van der Waals surface area (Å²) >= 11 is 1.10. The van der Waals surface area contributed by atoms with Crippen LogP contribution in [0, 0.1) is 17.8 Å². The molecule has 0 bridgehead atoms. The predicted octanol–water partition coefficient (Wildman–Crippen LogP) is 3.48. The molecule has 1 aromatic heterocycles. The molecule has 1 fully saturated rings. The molecular weight excluding hydrogens is 308 g/mol. The Hall–Kier alpha value is -0.720. The van der Waals surface area contributed by atoms with E-state index in [4.69, 9.17) is 4.18 Å². The van der Waals surface area contributed by atoms with Gasteiger partial charge in [-0.3, -0.25) is 8.98 Å². The molecule has 21 heavy (non-hydrogen) atoms. The Morgan fingerprint density at radius 1 is 1.33 bits per heavy atom. The smallest absolute Gasteiger partial charge is 0.297 e. The SMILES string of the molecule is CC(C)C1CCC(C(=O)COS(=O)(=O)c2cccs2)CC1. The molecule has 0 spiro atoms. The van der Waals surface area contributed by atoms with E-state index in [2.05, 4.69) is 13.8 Å². The van der Waals surface area contributed by atoms with E-state index in [1.165, 1.54) is 6.07 Å². The molecule has 1 aromatic rings. The number of hydrogen-bond acceptors (Lipinski definition) is 5. The van der Waals surface area contributed by atoms with Gasteiger partial charge in [0.15, 0.2) is 5.78 Å². The van der Waals surface area contributed by atoms with Crippen molar-refractivity contribution in [1.82, 2.24) is 0 Å². The lowest BCUT2D eigenvalue weighted by Gasteiger charge is -2.29. The van der Waals surface area contributed by atoms with Crippen LogP contribution in [0.25, 0.3) is 0 Å². The van der Waals surface area contributed by atoms with E-state index in [1.54, 1.807) is 11.4 Å². The fraction of sp³-hybridized carbons (Fsp3) is 0.667. The van der Waals surface area contributed by atoms with Crippen molar-refractivity contribution in [3.63, 3.8) is 0 Å². The van der Waals surface area contributed by atoms with Gasteiger partial charge in [0, 0.05) is 5.92 Å². The molecule has 118 valence electrons. The van der Waals surface area contributed by atoms with Gasteiger partial charge in [-0.15, -0.1) is 11.3 Å². The van der Waals surface area contributed by atoms with E-state index in [1.807, 2.05) is 0 Å². The molecule has 0 aliphatic heterocycles. The van der Waals surface area contributed by atoms with Gasteiger partial charge in [-0.2, -0.15) is 8.42 Å². The van der Waals surface area contributed by atoms with Crippen molar-refractivity contribution in [2.24, 2.45) is 17.8 Å². The first-order valence-corrected chi connectivity index (χ1v) is 9.64. The minimum Gasteiger partial charge on any atom is -0.297 e. The molecule has 0 atom stereocenters. The Morgan fingerprint density at radius 2 is 2.00 bits per heavy atom. The van der Waals surface area contributed by atoms with E-state index < -0.39 is 10.1 Å². The number of rotatable bonds is 6. The number of ketones is 1. The van der Waals surface area contributed by atoms with Crippen molar-refractivity contribution in [3.05, 3.63) is 17.5 Å². The lowest BCUT2D eigenvalue weighted by molar-refractivity contribution is -0.126. The van der Waals surface area contributed by atoms with Crippen molar-refractivity contribution < 1.29 is 17.4 Å². The minimum atomic E-state index is -3.78. The molecule has 0 amide bonds. The van der Waals surface area contributed by atoms with Gasteiger partial charge >= 0.3 is 10.1 Å². The second-order valence-electron chi connectivity index (χ2n) is 5.97. The van der Waals surface area contributed by atoms with Crippen LogP contribution < -0.4 is 0 Å². The average Bonchev–Trinajstić information content (AvgIpc) is 3.00. The van der Waals surface area contributed by atoms with E-state index in [0.717, 1.165) is 37.0 Å². The Labute approximate surface area is 130 Å². The van der Waals surface area contributed by atoms with Gasteiger partial charge in [-0.05, 0) is 49.0 Å². The second-order valence-corrected chi connectivity index (χ2v) is 8.76. The van der Waals surface area contributed by atoms with Crippen LogP contribution in [0.5, 0.6) is 0 Å². The Balaban J connectivity index is 1.83. The van der Waals surface area contributed by atoms with Crippen LogP contribution >= 0.6 is 11.3 Å². The summed E-state index contributed by atoms with van der Waals surface area (Å²) in [6.07, 6.45) is 3.80. The van der Waals surface area contributed by atoms with Crippen molar-refractivity contribution in [2.75, 3.05) is 6.61 Å². The lowest BCUT2D eigenvalue weighted by Crippen LogP contribution is -2.27. The normalized spacial score (nSPS) is 23.4. The molecule has 1 saturated carbocycles. The van der Waals surface area contributed by atoms with Crippen molar-refractivity contribution >= 4 is 27.2 Å². The quantitative estimate of drug-likeness (QED) is 0.749. The number of Topliss-reactive ketones (excluding diaryl/α,β-unsaturated/α-hetero) is 1. The summed E-state index contributed by atoms with van der Waals surface area (Å²) in [6.45, 7) is 4.09. The lowest BCUT2D eigenvalue weighted by atomic mass is 9.76. The Morgan fingerprint density at radius 3 is 2.52 bits per heavy atom. The fourth-order valence-corrected chi connectivity index (χ4v) is 4.69. The molecule has 0 unspecified atom stereocenters. The summed E-state index contributed by atoms with van der Waals surface area (Å²) < 4.78 is 28.8. The van der Waals surface area contributed by atoms with Crippen LogP contribution in [0.4, 0.5) is 0 Å². The third kappa shape index (κ3) is 4.37. The highest BCUT2D eigenvalue weighted by atomic mass is 32.3. The molecule has 2 rings (SSSR count). The molecule has 6 heteroatoms. The predicted molar refractivity (Wildman–Crippen MR) is 82.7 cm³/mol. The Bertz CT molecular complexity index is 553. The highest BCUT2D eigenvalue weighted by Crippen LogP contribution is 2.33. The summed E-state index contributed by atoms with van der Waals surface area (Å²) in [5.41, 5.74) is 0. The average molecular weight is 330 g/mol. The van der Waals surface area contributed by atoms with E-state index >= 15 is 0 Å². The second kappa shape index (κ2) is 7.03. The first kappa shape index (κ1) is 16.6. The zero-order valence-corrected chi connectivity index (χ0v) is 14.1. The zero-order valence-electron chi connectivity index (χ0n) is 12.4. The van der Waals surface area contributed by atoms with E-state index in [-0.39, 0.29) is 22.5 Å². The van der Waals surface area contributed by atoms with Gasteiger partial charge in [0.1, 0.15) is 10.8 Å². The van der Waals surface area contributed by atoms with Crippen LogP contribution in [0.3, 0.4) is 0 Å². The van der Waals surface area contributed by atoms with Gasteiger partial charge in [0.2, 0.25) is 0 Å². The van der Waals surface area contributed by atoms with Crippen LogP contribution in [0.2, 0.25) is 0 Å². The molecule has 1 heterocycles. The minimum absolute atomic E-state index is 0.0430. The number of carbonyl (C=O) groups excluding carboxylic acids is 1. The molecular formula is C15H22O4S2. The van der Waals surface area contributed by atoms with Gasteiger partial charge in [-0.1, -0.05) is 19.9 Å². The van der Waals surface area contributed by atoms with Crippen LogP contribution in [0.15, 0.2) is 21.7 Å². The summed E-state index contributed by atoms with van der Waals surface area (Å²) in [5, 5.41) is 1.67. The molecule has 0 aromatic carbocycles. The van der Waals surface area contributed by atoms with E-state index in [9.17, 15) is 13.2 Å². The van der Waals surface area contributed by atoms with Crippen molar-refractivity contribution in [1.29, 1.82) is 0 Å². The standard InChI is InChI=1S/C15H22O4S2/c1-11(2)12-5-7-13(8-6-12)14(16)10-19-21(17,18)15-4-3-9-20-15/h3-4,9,11-13H,5-8,10H2,1-2H3. The van der Waals surface area contributed by atoms with Gasteiger partial charge in [-0.25, -0.2) is 0 Å². The molecule has 0 radical (unpaired) electrons. The molecule has 4 nitrogen and oxygen atoms in total. The maximum Gasteiger partial charge on any atom is 0.306 e. The van der Waals surface area contributed by atoms with Gasteiger partial charge in [0.05, 0.1) is 0 Å². The zero-order chi connectivity index (χ0) is 15.5.